The summed E-state index contributed by atoms with van der Waals surface area (Å²) in [6.07, 6.45) is 0.902. The van der Waals surface area contributed by atoms with Crippen molar-refractivity contribution in [2.24, 2.45) is 0 Å². The highest BCUT2D eigenvalue weighted by atomic mass is 32.2. The Balaban J connectivity index is 3.29. The fraction of sp³-hybridized carbons (Fsp3) is 1.00. The maximum absolute atomic E-state index is 10.2. The van der Waals surface area contributed by atoms with Crippen molar-refractivity contribution in [3.8, 4) is 0 Å². The molecule has 1 unspecified atom stereocenters. The molecule has 0 rings (SSSR count). The lowest BCUT2D eigenvalue weighted by molar-refractivity contribution is 0.563. The van der Waals surface area contributed by atoms with Crippen LogP contribution in [-0.2, 0) is 11.1 Å². The van der Waals surface area contributed by atoms with Crippen LogP contribution in [0.25, 0.3) is 0 Å². The molecule has 0 aliphatic heterocycles. The minimum atomic E-state index is -1.58. The summed E-state index contributed by atoms with van der Waals surface area (Å²) in [6, 6.07) is 1.15. The van der Waals surface area contributed by atoms with E-state index < -0.39 is 19.2 Å². The lowest BCUT2D eigenvalue weighted by Gasteiger charge is -2.13. The molecule has 0 radical (unpaired) electrons. The van der Waals surface area contributed by atoms with Crippen LogP contribution in [0.1, 0.15) is 6.42 Å². The van der Waals surface area contributed by atoms with Crippen molar-refractivity contribution in [3.63, 3.8) is 0 Å². The summed E-state index contributed by atoms with van der Waals surface area (Å²) in [6.45, 7) is 6.81. The van der Waals surface area contributed by atoms with Crippen LogP contribution < -0.4 is 0 Å². The quantitative estimate of drug-likeness (QED) is 0.530. The van der Waals surface area contributed by atoms with Crippen molar-refractivity contribution in [2.75, 3.05) is 5.75 Å². The predicted octanol–water partition coefficient (Wildman–Crippen LogP) is 1.94. The van der Waals surface area contributed by atoms with E-state index in [4.69, 9.17) is 4.55 Å². The van der Waals surface area contributed by atoms with E-state index in [1.165, 1.54) is 0 Å². The van der Waals surface area contributed by atoms with Gasteiger partial charge in [-0.3, -0.25) is 0 Å². The van der Waals surface area contributed by atoms with Crippen LogP contribution in [0.4, 0.5) is 0 Å². The Hall–Kier alpha value is 0.327. The highest BCUT2D eigenvalue weighted by molar-refractivity contribution is 7.79. The van der Waals surface area contributed by atoms with Gasteiger partial charge in [0.2, 0.25) is 0 Å². The van der Waals surface area contributed by atoms with Crippen molar-refractivity contribution in [2.45, 2.75) is 32.1 Å². The summed E-state index contributed by atoms with van der Waals surface area (Å²) in [5.74, 6) is 0.449. The van der Waals surface area contributed by atoms with E-state index in [-0.39, 0.29) is 0 Å². The standard InChI is InChI=1S/C6H16O2SSi/c1-10(2,3)6-4-5-9(7)8/h4-6H2,1-3H3,(H,7,8). The second kappa shape index (κ2) is 4.26. The van der Waals surface area contributed by atoms with Gasteiger partial charge in [0.25, 0.3) is 0 Å². The molecule has 0 aromatic rings. The topological polar surface area (TPSA) is 37.3 Å². The van der Waals surface area contributed by atoms with Gasteiger partial charge in [0.15, 0.2) is 11.1 Å². The van der Waals surface area contributed by atoms with Crippen molar-refractivity contribution in [1.29, 1.82) is 0 Å². The lowest BCUT2D eigenvalue weighted by atomic mass is 10.6. The molecule has 0 aliphatic rings. The van der Waals surface area contributed by atoms with Gasteiger partial charge in [-0.05, 0) is 6.42 Å². The third-order valence-corrected chi connectivity index (χ3v) is 3.74. The van der Waals surface area contributed by atoms with Crippen molar-refractivity contribution in [1.82, 2.24) is 0 Å². The predicted molar refractivity (Wildman–Crippen MR) is 48.4 cm³/mol. The molecule has 10 heavy (non-hydrogen) atoms. The lowest BCUT2D eigenvalue weighted by Crippen LogP contribution is -2.19. The monoisotopic (exact) mass is 180 g/mol. The van der Waals surface area contributed by atoms with E-state index in [1.807, 2.05) is 0 Å². The smallest absolute Gasteiger partial charge is 0.152 e. The summed E-state index contributed by atoms with van der Waals surface area (Å²) in [4.78, 5) is 0. The van der Waals surface area contributed by atoms with E-state index in [0.29, 0.717) is 5.75 Å². The Kier molecular flexibility index (Phi) is 4.40. The molecule has 0 amide bonds. The molecule has 0 aromatic carbocycles. The zero-order valence-corrected chi connectivity index (χ0v) is 8.70. The summed E-state index contributed by atoms with van der Waals surface area (Å²) >= 11 is -1.58. The van der Waals surface area contributed by atoms with E-state index in [1.54, 1.807) is 0 Å². The Morgan fingerprint density at radius 2 is 1.90 bits per heavy atom. The zero-order chi connectivity index (χ0) is 8.20. The Morgan fingerprint density at radius 3 is 2.20 bits per heavy atom. The first-order chi connectivity index (χ1) is 4.42. The van der Waals surface area contributed by atoms with Crippen LogP contribution in [-0.4, -0.2) is 22.6 Å². The molecule has 2 nitrogen and oxygen atoms in total. The maximum atomic E-state index is 10.2. The van der Waals surface area contributed by atoms with Gasteiger partial charge in [0.1, 0.15) is 0 Å². The van der Waals surface area contributed by atoms with E-state index >= 15 is 0 Å². The summed E-state index contributed by atoms with van der Waals surface area (Å²) < 4.78 is 18.6. The van der Waals surface area contributed by atoms with Gasteiger partial charge in [-0.25, -0.2) is 4.21 Å². The average molecular weight is 180 g/mol. The molecule has 62 valence electrons. The molecule has 0 aliphatic carbocycles. The average Bonchev–Trinajstić information content (AvgIpc) is 1.59. The van der Waals surface area contributed by atoms with E-state index in [9.17, 15) is 4.21 Å². The van der Waals surface area contributed by atoms with Gasteiger partial charge in [0.05, 0.1) is 0 Å². The first-order valence-electron chi connectivity index (χ1n) is 3.49. The summed E-state index contributed by atoms with van der Waals surface area (Å²) in [7, 11) is -0.970. The molecule has 1 atom stereocenters. The third kappa shape index (κ3) is 8.33. The molecule has 0 spiro atoms. The molecular weight excluding hydrogens is 164 g/mol. The molecule has 0 aromatic heterocycles. The van der Waals surface area contributed by atoms with E-state index in [2.05, 4.69) is 19.6 Å². The fourth-order valence-corrected chi connectivity index (χ4v) is 2.61. The van der Waals surface area contributed by atoms with Gasteiger partial charge < -0.3 is 4.55 Å². The molecule has 0 saturated heterocycles. The molecule has 0 bridgehead atoms. The Labute approximate surface area is 66.3 Å². The zero-order valence-electron chi connectivity index (χ0n) is 6.89. The van der Waals surface area contributed by atoms with E-state index in [0.717, 1.165) is 12.5 Å². The van der Waals surface area contributed by atoms with Crippen molar-refractivity contribution >= 4 is 19.2 Å². The van der Waals surface area contributed by atoms with Crippen LogP contribution in [0.2, 0.25) is 25.7 Å². The van der Waals surface area contributed by atoms with Gasteiger partial charge in [-0.15, -0.1) is 0 Å². The first-order valence-corrected chi connectivity index (χ1v) is 8.47. The second-order valence-corrected chi connectivity index (χ2v) is 10.4. The van der Waals surface area contributed by atoms with Gasteiger partial charge in [-0.2, -0.15) is 0 Å². The van der Waals surface area contributed by atoms with Crippen LogP contribution in [0, 0.1) is 0 Å². The number of rotatable bonds is 4. The van der Waals surface area contributed by atoms with Crippen LogP contribution in [0.5, 0.6) is 0 Å². The molecule has 1 N–H and O–H groups in total. The minimum absolute atomic E-state index is 0.449. The molecule has 0 fully saturated rings. The second-order valence-electron chi connectivity index (χ2n) is 3.69. The molecule has 0 heterocycles. The van der Waals surface area contributed by atoms with Gasteiger partial charge >= 0.3 is 0 Å². The van der Waals surface area contributed by atoms with Gasteiger partial charge in [-0.1, -0.05) is 25.7 Å². The number of hydrogen-bond donors (Lipinski definition) is 1. The van der Waals surface area contributed by atoms with Crippen molar-refractivity contribution in [3.05, 3.63) is 0 Å². The summed E-state index contributed by atoms with van der Waals surface area (Å²) in [5.41, 5.74) is 0. The molecule has 0 saturated carbocycles. The van der Waals surface area contributed by atoms with Crippen LogP contribution in [0.3, 0.4) is 0 Å². The van der Waals surface area contributed by atoms with Crippen LogP contribution >= 0.6 is 0 Å². The third-order valence-electron chi connectivity index (χ3n) is 1.25. The highest BCUT2D eigenvalue weighted by Gasteiger charge is 2.12. The SMILES string of the molecule is C[Si](C)(C)CCCS(=O)O. The Bertz CT molecular complexity index is 119. The maximum Gasteiger partial charge on any atom is 0.152 e. The molecular formula is C6H16O2SSi. The number of hydrogen-bond acceptors (Lipinski definition) is 1. The summed E-state index contributed by atoms with van der Waals surface area (Å²) in [5, 5.41) is 0. The first kappa shape index (κ1) is 10.3. The van der Waals surface area contributed by atoms with Crippen LogP contribution in [0.15, 0.2) is 0 Å². The largest absolute Gasteiger partial charge is 0.306 e. The normalized spacial score (nSPS) is 15.2. The van der Waals surface area contributed by atoms with Crippen molar-refractivity contribution < 1.29 is 8.76 Å². The van der Waals surface area contributed by atoms with Gasteiger partial charge in [0, 0.05) is 13.8 Å². The fourth-order valence-electron chi connectivity index (χ4n) is 0.726. The molecule has 4 heteroatoms. The highest BCUT2D eigenvalue weighted by Crippen LogP contribution is 2.10. The Morgan fingerprint density at radius 1 is 1.40 bits per heavy atom. The minimum Gasteiger partial charge on any atom is -0.306 e.